The molecule has 7 aromatic carbocycles. The van der Waals surface area contributed by atoms with Crippen molar-refractivity contribution >= 4 is 63.3 Å². The van der Waals surface area contributed by atoms with Crippen LogP contribution in [0.5, 0.6) is 0 Å². The topological polar surface area (TPSA) is 114 Å². The molecule has 0 N–H and O–H groups in total. The van der Waals surface area contributed by atoms with Crippen LogP contribution in [-0.4, -0.2) is 25.9 Å². The zero-order chi connectivity index (χ0) is 33.8. The molecule has 0 heterocycles. The van der Waals surface area contributed by atoms with E-state index >= 15 is 0 Å². The van der Waals surface area contributed by atoms with Gasteiger partial charge in [-0.05, 0) is 138 Å². The van der Waals surface area contributed by atoms with Crippen molar-refractivity contribution in [3.63, 3.8) is 0 Å². The second kappa shape index (κ2) is 11.9. The molecule has 4 atom stereocenters. The van der Waals surface area contributed by atoms with E-state index in [4.69, 9.17) is 0 Å². The fourth-order valence-corrected chi connectivity index (χ4v) is 12.5. The predicted molar refractivity (Wildman–Crippen MR) is 191 cm³/mol. The molecule has 52 heavy (non-hydrogen) atoms. The number of hydrogen-bond acceptors (Lipinski definition) is 6. The van der Waals surface area contributed by atoms with Crippen LogP contribution >= 0.6 is 0 Å². The van der Waals surface area contributed by atoms with Crippen molar-refractivity contribution in [3.8, 4) is 0 Å². The Kier molecular flexibility index (Phi) is 8.07. The van der Waals surface area contributed by atoms with Gasteiger partial charge in [0, 0.05) is 23.7 Å². The Bertz CT molecular complexity index is 2610. The van der Waals surface area contributed by atoms with Crippen LogP contribution in [-0.2, 0) is 20.2 Å². The van der Waals surface area contributed by atoms with E-state index in [0.717, 1.165) is 65.3 Å². The van der Waals surface area contributed by atoms with Gasteiger partial charge in [-0.2, -0.15) is 0 Å². The minimum atomic E-state index is -5.09. The van der Waals surface area contributed by atoms with Crippen molar-refractivity contribution in [2.75, 3.05) is 0 Å². The second-order valence-electron chi connectivity index (χ2n) is 14.6. The average Bonchev–Trinajstić information content (AvgIpc) is 3.09. The van der Waals surface area contributed by atoms with Gasteiger partial charge in [0.25, 0.3) is 0 Å². The molecular formula is C42H28Na2O6S2. The van der Waals surface area contributed by atoms with Crippen LogP contribution in [0.4, 0.5) is 0 Å². The zero-order valence-electron chi connectivity index (χ0n) is 28.6. The molecule has 6 aliphatic rings. The van der Waals surface area contributed by atoms with Gasteiger partial charge in [0.15, 0.2) is 0 Å². The first-order valence-electron chi connectivity index (χ1n) is 17.1. The van der Waals surface area contributed by atoms with Crippen molar-refractivity contribution in [1.82, 2.24) is 0 Å². The Labute approximate surface area is 345 Å². The van der Waals surface area contributed by atoms with Gasteiger partial charge in [-0.25, -0.2) is 16.8 Å². The first-order valence-corrected chi connectivity index (χ1v) is 19.9. The molecule has 0 spiro atoms. The van der Waals surface area contributed by atoms with E-state index in [1.807, 2.05) is 48.5 Å². The van der Waals surface area contributed by atoms with Crippen molar-refractivity contribution in [1.29, 1.82) is 0 Å². The summed E-state index contributed by atoms with van der Waals surface area (Å²) in [6.07, 6.45) is 2.25. The average molecular weight is 739 g/mol. The van der Waals surface area contributed by atoms with Crippen molar-refractivity contribution < 1.29 is 85.1 Å². The smallest absolute Gasteiger partial charge is 0.744 e. The second-order valence-corrected chi connectivity index (χ2v) is 17.3. The minimum Gasteiger partial charge on any atom is -0.744 e. The molecule has 10 heteroatoms. The summed E-state index contributed by atoms with van der Waals surface area (Å²) < 4.78 is 81.9. The van der Waals surface area contributed by atoms with Crippen LogP contribution in [0.2, 0.25) is 0 Å². The Morgan fingerprint density at radius 1 is 0.385 bits per heavy atom. The molecule has 0 saturated heterocycles. The first kappa shape index (κ1) is 35.1. The summed E-state index contributed by atoms with van der Waals surface area (Å²) in [4.78, 5) is -0.569. The summed E-state index contributed by atoms with van der Waals surface area (Å²) in [5.74, 6) is -2.08. The van der Waals surface area contributed by atoms with Gasteiger partial charge in [-0.15, -0.1) is 0 Å². The third-order valence-electron chi connectivity index (χ3n) is 12.3. The van der Waals surface area contributed by atoms with E-state index in [1.54, 1.807) is 0 Å². The van der Waals surface area contributed by atoms with Gasteiger partial charge >= 0.3 is 59.1 Å². The largest absolute Gasteiger partial charge is 1.00 e. The fourth-order valence-electron chi connectivity index (χ4n) is 10.5. The monoisotopic (exact) mass is 738 g/mol. The summed E-state index contributed by atoms with van der Waals surface area (Å²) >= 11 is 0. The number of hydrogen-bond donors (Lipinski definition) is 0. The molecule has 6 nitrogen and oxygen atoms in total. The molecule has 7 aromatic rings. The predicted octanol–water partition coefficient (Wildman–Crippen LogP) is 2.86. The molecule has 4 bridgehead atoms. The maximum absolute atomic E-state index is 13.6. The van der Waals surface area contributed by atoms with Crippen LogP contribution in [0.25, 0.3) is 43.1 Å². The summed E-state index contributed by atoms with van der Waals surface area (Å²) in [5, 5.41) is 8.27. The van der Waals surface area contributed by atoms with Crippen molar-refractivity contribution in [2.24, 2.45) is 0 Å². The summed E-state index contributed by atoms with van der Waals surface area (Å²) in [7, 11) is -10.2. The molecule has 0 aliphatic heterocycles. The van der Waals surface area contributed by atoms with Crippen LogP contribution < -0.4 is 59.1 Å². The van der Waals surface area contributed by atoms with Crippen LogP contribution in [0, 0.1) is 0 Å². The maximum Gasteiger partial charge on any atom is 1.00 e. The molecular weight excluding hydrogens is 711 g/mol. The third-order valence-corrected chi connectivity index (χ3v) is 14.1. The van der Waals surface area contributed by atoms with Crippen LogP contribution in [0.15, 0.2) is 107 Å². The van der Waals surface area contributed by atoms with Gasteiger partial charge < -0.3 is 9.11 Å². The molecule has 13 rings (SSSR count). The summed E-state index contributed by atoms with van der Waals surface area (Å²) in [6, 6.07) is 32.9. The van der Waals surface area contributed by atoms with E-state index < -0.39 is 43.9 Å². The third kappa shape index (κ3) is 4.83. The maximum atomic E-state index is 13.6. The molecule has 0 radical (unpaired) electrons. The molecule has 6 aliphatic carbocycles. The van der Waals surface area contributed by atoms with E-state index in [1.165, 1.54) is 0 Å². The summed E-state index contributed by atoms with van der Waals surface area (Å²) in [5.41, 5.74) is 4.64. The van der Waals surface area contributed by atoms with Crippen LogP contribution in [0.3, 0.4) is 0 Å². The normalized spacial score (nSPS) is 21.0. The SMILES string of the molecule is O=S(=O)([O-])c1c2c(c(S(=O)(=O)[O-])c3c1C1CCC3c3cc4cc5ccccc5cc4cc31)C1CCC2c2cc3cc4ccccc4cc3cc21.[Na+].[Na+]. The molecule has 0 saturated carbocycles. The zero-order valence-corrected chi connectivity index (χ0v) is 34.3. The van der Waals surface area contributed by atoms with Gasteiger partial charge in [0.1, 0.15) is 20.2 Å². The summed E-state index contributed by atoms with van der Waals surface area (Å²) in [6.45, 7) is 0. The fraction of sp³-hybridized carbons (Fsp3) is 0.190. The van der Waals surface area contributed by atoms with Crippen molar-refractivity contribution in [2.45, 2.75) is 59.1 Å². The Morgan fingerprint density at radius 3 is 0.827 bits per heavy atom. The van der Waals surface area contributed by atoms with Gasteiger partial charge in [0.05, 0.1) is 9.79 Å². The molecule has 0 fully saturated rings. The van der Waals surface area contributed by atoms with Crippen LogP contribution in [0.1, 0.15) is 93.9 Å². The minimum absolute atomic E-state index is 0. The Morgan fingerprint density at radius 2 is 0.615 bits per heavy atom. The van der Waals surface area contributed by atoms with Gasteiger partial charge in [0.2, 0.25) is 0 Å². The quantitative estimate of drug-likeness (QED) is 0.153. The molecule has 246 valence electrons. The number of fused-ring (bicyclic) bond motifs is 6. The molecule has 4 unspecified atom stereocenters. The Hall–Kier alpha value is -2.60. The van der Waals surface area contributed by atoms with E-state index in [-0.39, 0.29) is 91.2 Å². The van der Waals surface area contributed by atoms with Crippen molar-refractivity contribution in [3.05, 3.63) is 142 Å². The van der Waals surface area contributed by atoms with E-state index in [0.29, 0.717) is 25.7 Å². The Balaban J connectivity index is 0.00000180. The van der Waals surface area contributed by atoms with Gasteiger partial charge in [-0.3, -0.25) is 0 Å². The van der Waals surface area contributed by atoms with E-state index in [9.17, 15) is 25.9 Å². The number of benzene rings is 7. The number of rotatable bonds is 2. The first-order chi connectivity index (χ1) is 24.0. The van der Waals surface area contributed by atoms with E-state index in [2.05, 4.69) is 48.5 Å². The standard InChI is InChI=1S/C42H30O6S2.2Na/c43-49(44,45)41-37-29-9-10-30(34-18-26-14-22-6-2-1-5-21(22)13-25(26)17-33(29)34)38(37)42(50(46,47)48)40-32-12-11-31(39(40)41)35-19-27-15-23-7-3-4-8-24(23)16-28(27)20-36(32)35;;/h1-8,13-20,29-32H,9-12H2,(H,43,44,45)(H,46,47,48);;/q;2*+1/p-2. The van der Waals surface area contributed by atoms with Gasteiger partial charge in [-0.1, -0.05) is 72.8 Å². The molecule has 0 amide bonds. The molecule has 0 aromatic heterocycles.